The summed E-state index contributed by atoms with van der Waals surface area (Å²) in [5.41, 5.74) is 2.22. The van der Waals surface area contributed by atoms with Crippen LogP contribution in [-0.4, -0.2) is 52.7 Å². The molecular weight excluding hydrogens is 330 g/mol. The molecule has 1 atom stereocenters. The summed E-state index contributed by atoms with van der Waals surface area (Å²) in [7, 11) is 0. The van der Waals surface area contributed by atoms with Crippen LogP contribution in [0.2, 0.25) is 0 Å². The van der Waals surface area contributed by atoms with Gasteiger partial charge in [-0.15, -0.1) is 0 Å². The molecule has 2 aromatic rings. The average molecular weight is 353 g/mol. The van der Waals surface area contributed by atoms with Crippen molar-refractivity contribution in [2.45, 2.75) is 25.6 Å². The van der Waals surface area contributed by atoms with Crippen molar-refractivity contribution in [2.24, 2.45) is 5.92 Å². The number of hydrogen-bond donors (Lipinski definition) is 0. The minimum atomic E-state index is -0.252. The number of pyridine rings is 2. The van der Waals surface area contributed by atoms with E-state index in [1.165, 1.54) is 0 Å². The summed E-state index contributed by atoms with van der Waals surface area (Å²) < 4.78 is 11.9. The molecule has 0 aromatic carbocycles. The maximum absolute atomic E-state index is 12.6. The Morgan fingerprint density at radius 3 is 2.88 bits per heavy atom. The molecule has 2 saturated heterocycles. The molecule has 0 N–H and O–H groups in total. The van der Waals surface area contributed by atoms with Gasteiger partial charge in [0.2, 0.25) is 0 Å². The molecule has 136 valence electrons. The summed E-state index contributed by atoms with van der Waals surface area (Å²) in [4.78, 5) is 22.8. The zero-order valence-corrected chi connectivity index (χ0v) is 14.9. The number of likely N-dealkylation sites (tertiary alicyclic amines) is 1. The third kappa shape index (κ3) is 3.34. The van der Waals surface area contributed by atoms with Crippen LogP contribution in [0.4, 0.5) is 0 Å². The molecule has 2 aliphatic rings. The second-order valence-corrected chi connectivity index (χ2v) is 7.09. The molecule has 0 aliphatic carbocycles. The van der Waals surface area contributed by atoms with Crippen molar-refractivity contribution in [1.29, 1.82) is 0 Å². The predicted octanol–water partition coefficient (Wildman–Crippen LogP) is 2.23. The van der Waals surface area contributed by atoms with Crippen LogP contribution in [0.5, 0.6) is 0 Å². The molecule has 6 nitrogen and oxygen atoms in total. The SMILES string of the molecule is Cc1cccc(C(=O)N2CC3(C2)OCC[C@@H]3COCc2ccncc2)n1. The van der Waals surface area contributed by atoms with E-state index >= 15 is 0 Å². The van der Waals surface area contributed by atoms with E-state index in [1.807, 2.05) is 36.1 Å². The molecule has 0 saturated carbocycles. The molecule has 1 amide bonds. The minimum absolute atomic E-state index is 0.0220. The van der Waals surface area contributed by atoms with Gasteiger partial charge in [0.25, 0.3) is 5.91 Å². The summed E-state index contributed by atoms with van der Waals surface area (Å²) in [6.07, 6.45) is 4.52. The summed E-state index contributed by atoms with van der Waals surface area (Å²) in [5.74, 6) is 0.296. The van der Waals surface area contributed by atoms with Crippen LogP contribution in [0.3, 0.4) is 0 Å². The van der Waals surface area contributed by atoms with Gasteiger partial charge in [-0.1, -0.05) is 6.07 Å². The molecule has 0 unspecified atom stereocenters. The van der Waals surface area contributed by atoms with E-state index in [1.54, 1.807) is 18.5 Å². The highest BCUT2D eigenvalue weighted by atomic mass is 16.5. The van der Waals surface area contributed by atoms with Gasteiger partial charge in [-0.25, -0.2) is 4.98 Å². The van der Waals surface area contributed by atoms with Crippen LogP contribution in [0.25, 0.3) is 0 Å². The van der Waals surface area contributed by atoms with Crippen molar-refractivity contribution in [2.75, 3.05) is 26.3 Å². The van der Waals surface area contributed by atoms with E-state index in [0.717, 1.165) is 24.3 Å². The van der Waals surface area contributed by atoms with Crippen LogP contribution in [0.1, 0.15) is 28.2 Å². The number of rotatable bonds is 5. The summed E-state index contributed by atoms with van der Waals surface area (Å²) in [6, 6.07) is 9.45. The van der Waals surface area contributed by atoms with E-state index in [2.05, 4.69) is 9.97 Å². The van der Waals surface area contributed by atoms with Gasteiger partial charge in [0.15, 0.2) is 0 Å². The molecule has 1 spiro atoms. The van der Waals surface area contributed by atoms with E-state index in [9.17, 15) is 4.79 Å². The lowest BCUT2D eigenvalue weighted by atomic mass is 9.81. The van der Waals surface area contributed by atoms with Crippen molar-refractivity contribution < 1.29 is 14.3 Å². The van der Waals surface area contributed by atoms with Crippen molar-refractivity contribution in [3.63, 3.8) is 0 Å². The maximum atomic E-state index is 12.6. The molecule has 0 radical (unpaired) electrons. The monoisotopic (exact) mass is 353 g/mol. The normalized spacial score (nSPS) is 21.0. The molecule has 2 aliphatic heterocycles. The molecule has 4 rings (SSSR count). The molecule has 2 aromatic heterocycles. The number of hydrogen-bond acceptors (Lipinski definition) is 5. The fourth-order valence-electron chi connectivity index (χ4n) is 3.74. The molecular formula is C20H23N3O3. The fraction of sp³-hybridized carbons (Fsp3) is 0.450. The second kappa shape index (κ2) is 7.13. The maximum Gasteiger partial charge on any atom is 0.272 e. The first-order valence-electron chi connectivity index (χ1n) is 9.00. The highest BCUT2D eigenvalue weighted by Gasteiger charge is 2.54. The molecule has 0 bridgehead atoms. The van der Waals surface area contributed by atoms with Gasteiger partial charge in [-0.2, -0.15) is 0 Å². The molecule has 6 heteroatoms. The van der Waals surface area contributed by atoms with E-state index < -0.39 is 0 Å². The molecule has 2 fully saturated rings. The van der Waals surface area contributed by atoms with Gasteiger partial charge in [-0.05, 0) is 43.2 Å². The van der Waals surface area contributed by atoms with Crippen LogP contribution < -0.4 is 0 Å². The quantitative estimate of drug-likeness (QED) is 0.825. The van der Waals surface area contributed by atoms with Gasteiger partial charge in [0.1, 0.15) is 11.3 Å². The number of nitrogens with zero attached hydrogens (tertiary/aromatic N) is 3. The van der Waals surface area contributed by atoms with Crippen molar-refractivity contribution in [3.8, 4) is 0 Å². The van der Waals surface area contributed by atoms with Crippen LogP contribution in [0.15, 0.2) is 42.7 Å². The highest BCUT2D eigenvalue weighted by molar-refractivity contribution is 5.93. The van der Waals surface area contributed by atoms with Gasteiger partial charge in [-0.3, -0.25) is 9.78 Å². The Morgan fingerprint density at radius 1 is 1.31 bits per heavy atom. The number of carbonyl (C=O) groups is 1. The Kier molecular flexibility index (Phi) is 4.70. The third-order valence-electron chi connectivity index (χ3n) is 5.25. The van der Waals surface area contributed by atoms with Crippen molar-refractivity contribution in [1.82, 2.24) is 14.9 Å². The minimum Gasteiger partial charge on any atom is -0.376 e. The van der Waals surface area contributed by atoms with Gasteiger partial charge in [0, 0.05) is 30.6 Å². The Labute approximate surface area is 153 Å². The fourth-order valence-corrected chi connectivity index (χ4v) is 3.74. The Balaban J connectivity index is 1.32. The number of aromatic nitrogens is 2. The molecule has 4 heterocycles. The Hall–Kier alpha value is -2.31. The summed E-state index contributed by atoms with van der Waals surface area (Å²) in [5, 5.41) is 0. The zero-order chi connectivity index (χ0) is 18.0. The Morgan fingerprint density at radius 2 is 2.12 bits per heavy atom. The number of ether oxygens (including phenoxy) is 2. The van der Waals surface area contributed by atoms with Crippen molar-refractivity contribution >= 4 is 5.91 Å². The van der Waals surface area contributed by atoms with Gasteiger partial charge < -0.3 is 14.4 Å². The van der Waals surface area contributed by atoms with Crippen LogP contribution in [-0.2, 0) is 16.1 Å². The Bertz CT molecular complexity index is 775. The summed E-state index contributed by atoms with van der Waals surface area (Å²) in [6.45, 7) is 5.08. The number of carbonyl (C=O) groups excluding carboxylic acids is 1. The summed E-state index contributed by atoms with van der Waals surface area (Å²) >= 11 is 0. The number of aryl methyl sites for hydroxylation is 1. The molecule has 26 heavy (non-hydrogen) atoms. The zero-order valence-electron chi connectivity index (χ0n) is 14.9. The lowest BCUT2D eigenvalue weighted by molar-refractivity contribution is -0.129. The van der Waals surface area contributed by atoms with Gasteiger partial charge >= 0.3 is 0 Å². The van der Waals surface area contributed by atoms with Crippen molar-refractivity contribution in [3.05, 3.63) is 59.7 Å². The highest BCUT2D eigenvalue weighted by Crippen LogP contribution is 2.40. The van der Waals surface area contributed by atoms with Crippen LogP contribution in [0, 0.1) is 12.8 Å². The average Bonchev–Trinajstić information content (AvgIpc) is 3.05. The van der Waals surface area contributed by atoms with Gasteiger partial charge in [0.05, 0.1) is 26.3 Å². The van der Waals surface area contributed by atoms with E-state index in [-0.39, 0.29) is 11.5 Å². The predicted molar refractivity (Wildman–Crippen MR) is 95.6 cm³/mol. The lowest BCUT2D eigenvalue weighted by Crippen LogP contribution is -2.66. The van der Waals surface area contributed by atoms with E-state index in [4.69, 9.17) is 9.47 Å². The second-order valence-electron chi connectivity index (χ2n) is 7.09. The first-order valence-corrected chi connectivity index (χ1v) is 9.00. The third-order valence-corrected chi connectivity index (χ3v) is 5.25. The number of amides is 1. The topological polar surface area (TPSA) is 64.6 Å². The van der Waals surface area contributed by atoms with E-state index in [0.29, 0.717) is 37.9 Å². The first-order chi connectivity index (χ1) is 12.7. The smallest absolute Gasteiger partial charge is 0.272 e. The van der Waals surface area contributed by atoms with Crippen LogP contribution >= 0.6 is 0 Å². The lowest BCUT2D eigenvalue weighted by Gasteiger charge is -2.50. The first kappa shape index (κ1) is 17.1. The standard InChI is InChI=1S/C20H23N3O3/c1-15-3-2-4-18(22-15)19(24)23-13-20(14-23)17(7-10-26-20)12-25-11-16-5-8-21-9-6-16/h2-6,8-9,17H,7,10-14H2,1H3/t17-/m1/s1. The largest absolute Gasteiger partial charge is 0.376 e.